The molecule has 7 heteroatoms. The van der Waals surface area contributed by atoms with Gasteiger partial charge in [0.15, 0.2) is 0 Å². The number of nitrogens with one attached hydrogen (secondary N) is 2. The fraction of sp³-hybridized carbons (Fsp3) is 0.429. The van der Waals surface area contributed by atoms with Crippen LogP contribution in [0.25, 0.3) is 0 Å². The predicted octanol–water partition coefficient (Wildman–Crippen LogP) is 2.71. The van der Waals surface area contributed by atoms with E-state index in [0.29, 0.717) is 17.8 Å². The molecular weight excluding hydrogens is 362 g/mol. The average molecular weight is 388 g/mol. The topological polar surface area (TPSA) is 80.0 Å². The van der Waals surface area contributed by atoms with Crippen LogP contribution in [-0.2, 0) is 11.3 Å². The van der Waals surface area contributed by atoms with Crippen molar-refractivity contribution in [3.8, 4) is 0 Å². The minimum Gasteiger partial charge on any atom is -0.342 e. The Morgan fingerprint density at radius 2 is 2.14 bits per heavy atom. The van der Waals surface area contributed by atoms with Crippen molar-refractivity contribution in [1.29, 1.82) is 0 Å². The molecule has 0 radical (unpaired) electrons. The first-order chi connectivity index (χ1) is 13.4. The standard InChI is InChI=1S/C21H26F2N4O/c1-12(2)16-6-7-17(26-20(16)23)19(14-5-3-4-13(8-14)10-24)27-21(28)18-9-15(22)11-25-18/h3-8,12,15,18-19,25H,9-11,24H2,1-2H3,(H,27,28)/t15?,18?,19-/m0/s1. The number of aromatic nitrogens is 1. The van der Waals surface area contributed by atoms with Crippen LogP contribution in [0.3, 0.4) is 0 Å². The number of nitrogens with two attached hydrogens (primary N) is 1. The van der Waals surface area contributed by atoms with E-state index in [1.165, 1.54) is 0 Å². The molecule has 0 aliphatic carbocycles. The van der Waals surface area contributed by atoms with Crippen LogP contribution in [0.5, 0.6) is 0 Å². The molecule has 1 aromatic heterocycles. The van der Waals surface area contributed by atoms with Gasteiger partial charge in [0.25, 0.3) is 0 Å². The Morgan fingerprint density at radius 1 is 1.36 bits per heavy atom. The Bertz CT molecular complexity index is 843. The second-order valence-corrected chi connectivity index (χ2v) is 7.46. The van der Waals surface area contributed by atoms with Crippen LogP contribution in [-0.4, -0.2) is 29.6 Å². The van der Waals surface area contributed by atoms with Crippen molar-refractivity contribution >= 4 is 5.91 Å². The zero-order valence-electron chi connectivity index (χ0n) is 16.1. The molecule has 2 unspecified atom stereocenters. The van der Waals surface area contributed by atoms with Crippen LogP contribution in [0.1, 0.15) is 54.6 Å². The average Bonchev–Trinajstić information content (AvgIpc) is 3.12. The van der Waals surface area contributed by atoms with Gasteiger partial charge in [0.2, 0.25) is 11.9 Å². The van der Waals surface area contributed by atoms with Crippen molar-refractivity contribution in [2.45, 2.75) is 51.0 Å². The SMILES string of the molecule is CC(C)c1ccc([C@@H](NC(=O)C2CC(F)CN2)c2cccc(CN)c2)nc1F. The highest BCUT2D eigenvalue weighted by atomic mass is 19.1. The molecule has 2 heterocycles. The number of halogens is 2. The number of nitrogens with zero attached hydrogens (tertiary/aromatic N) is 1. The lowest BCUT2D eigenvalue weighted by Crippen LogP contribution is -2.42. The number of carbonyl (C=O) groups is 1. The van der Waals surface area contributed by atoms with Crippen molar-refractivity contribution in [3.63, 3.8) is 0 Å². The number of benzene rings is 1. The Labute approximate surface area is 163 Å². The predicted molar refractivity (Wildman–Crippen MR) is 104 cm³/mol. The lowest BCUT2D eigenvalue weighted by Gasteiger charge is -2.22. The van der Waals surface area contributed by atoms with Crippen molar-refractivity contribution in [1.82, 2.24) is 15.6 Å². The first kappa shape index (κ1) is 20.4. The lowest BCUT2D eigenvalue weighted by atomic mass is 9.98. The van der Waals surface area contributed by atoms with Gasteiger partial charge in [-0.3, -0.25) is 4.79 Å². The summed E-state index contributed by atoms with van der Waals surface area (Å²) in [6.07, 6.45) is -0.925. The summed E-state index contributed by atoms with van der Waals surface area (Å²) in [5, 5.41) is 5.77. The Kier molecular flexibility index (Phi) is 6.36. The second kappa shape index (κ2) is 8.75. The van der Waals surface area contributed by atoms with Gasteiger partial charge in [0.05, 0.1) is 17.8 Å². The molecule has 4 N–H and O–H groups in total. The third-order valence-electron chi connectivity index (χ3n) is 5.02. The minimum absolute atomic E-state index is 0.000615. The van der Waals surface area contributed by atoms with Crippen LogP contribution in [0.15, 0.2) is 36.4 Å². The summed E-state index contributed by atoms with van der Waals surface area (Å²) in [5.41, 5.74) is 8.27. The maximum absolute atomic E-state index is 14.5. The first-order valence-electron chi connectivity index (χ1n) is 9.52. The number of hydrogen-bond acceptors (Lipinski definition) is 4. The van der Waals surface area contributed by atoms with Crippen molar-refractivity contribution in [3.05, 3.63) is 64.7 Å². The Morgan fingerprint density at radius 3 is 2.75 bits per heavy atom. The van der Waals surface area contributed by atoms with Crippen LogP contribution in [0, 0.1) is 5.95 Å². The summed E-state index contributed by atoms with van der Waals surface area (Å²) in [5.74, 6) is -0.887. The molecule has 150 valence electrons. The van der Waals surface area contributed by atoms with Gasteiger partial charge in [0, 0.05) is 25.1 Å². The summed E-state index contributed by atoms with van der Waals surface area (Å²) < 4.78 is 28.0. The highest BCUT2D eigenvalue weighted by Crippen LogP contribution is 2.25. The van der Waals surface area contributed by atoms with E-state index in [2.05, 4.69) is 15.6 Å². The third kappa shape index (κ3) is 4.54. The van der Waals surface area contributed by atoms with Gasteiger partial charge >= 0.3 is 0 Å². The van der Waals surface area contributed by atoms with Crippen molar-refractivity contribution < 1.29 is 13.6 Å². The van der Waals surface area contributed by atoms with Crippen LogP contribution < -0.4 is 16.4 Å². The molecule has 3 atom stereocenters. The largest absolute Gasteiger partial charge is 0.342 e. The van der Waals surface area contributed by atoms with Gasteiger partial charge in [-0.25, -0.2) is 9.37 Å². The molecular formula is C21H26F2N4O. The van der Waals surface area contributed by atoms with Crippen molar-refractivity contribution in [2.75, 3.05) is 6.54 Å². The van der Waals surface area contributed by atoms with E-state index in [4.69, 9.17) is 5.73 Å². The molecule has 3 rings (SSSR count). The molecule has 0 bridgehead atoms. The van der Waals surface area contributed by atoms with Gasteiger partial charge in [-0.1, -0.05) is 44.2 Å². The fourth-order valence-electron chi connectivity index (χ4n) is 3.41. The molecule has 5 nitrogen and oxygen atoms in total. The molecule has 28 heavy (non-hydrogen) atoms. The quantitative estimate of drug-likeness (QED) is 0.665. The number of pyridine rings is 1. The maximum Gasteiger partial charge on any atom is 0.238 e. The van der Waals surface area contributed by atoms with Gasteiger partial charge in [-0.15, -0.1) is 0 Å². The molecule has 1 aromatic carbocycles. The smallest absolute Gasteiger partial charge is 0.238 e. The number of hydrogen-bond donors (Lipinski definition) is 3. The molecule has 0 spiro atoms. The summed E-state index contributed by atoms with van der Waals surface area (Å²) in [6, 6.07) is 9.55. The summed E-state index contributed by atoms with van der Waals surface area (Å²) in [6.45, 7) is 4.28. The number of alkyl halides is 1. The highest BCUT2D eigenvalue weighted by Gasteiger charge is 2.31. The van der Waals surface area contributed by atoms with Crippen LogP contribution in [0.4, 0.5) is 8.78 Å². The highest BCUT2D eigenvalue weighted by molar-refractivity contribution is 5.83. The molecule has 2 aromatic rings. The molecule has 1 saturated heterocycles. The molecule has 1 fully saturated rings. The van der Waals surface area contributed by atoms with E-state index in [1.807, 2.05) is 38.1 Å². The van der Waals surface area contributed by atoms with E-state index >= 15 is 0 Å². The molecule has 1 aliphatic rings. The maximum atomic E-state index is 14.5. The summed E-state index contributed by atoms with van der Waals surface area (Å²) in [4.78, 5) is 16.8. The van der Waals surface area contributed by atoms with E-state index in [1.54, 1.807) is 12.1 Å². The Hall–Kier alpha value is -2.38. The van der Waals surface area contributed by atoms with E-state index in [9.17, 15) is 13.6 Å². The second-order valence-electron chi connectivity index (χ2n) is 7.46. The van der Waals surface area contributed by atoms with E-state index in [-0.39, 0.29) is 24.8 Å². The zero-order chi connectivity index (χ0) is 20.3. The number of rotatable bonds is 6. The number of amides is 1. The van der Waals surface area contributed by atoms with Crippen LogP contribution >= 0.6 is 0 Å². The van der Waals surface area contributed by atoms with Gasteiger partial charge in [-0.05, 0) is 23.1 Å². The van der Waals surface area contributed by atoms with Crippen LogP contribution in [0.2, 0.25) is 0 Å². The van der Waals surface area contributed by atoms with E-state index in [0.717, 1.165) is 11.1 Å². The molecule has 1 amide bonds. The fourth-order valence-corrected chi connectivity index (χ4v) is 3.41. The zero-order valence-corrected chi connectivity index (χ0v) is 16.1. The normalized spacial score (nSPS) is 20.4. The molecule has 0 saturated carbocycles. The molecule has 1 aliphatic heterocycles. The Balaban J connectivity index is 1.94. The lowest BCUT2D eigenvalue weighted by molar-refractivity contribution is -0.123. The monoisotopic (exact) mass is 388 g/mol. The first-order valence-corrected chi connectivity index (χ1v) is 9.52. The van der Waals surface area contributed by atoms with Crippen molar-refractivity contribution in [2.24, 2.45) is 5.73 Å². The summed E-state index contributed by atoms with van der Waals surface area (Å²) in [7, 11) is 0. The minimum atomic E-state index is -1.05. The van der Waals surface area contributed by atoms with E-state index < -0.39 is 24.2 Å². The van der Waals surface area contributed by atoms with Gasteiger partial charge in [0.1, 0.15) is 6.17 Å². The van der Waals surface area contributed by atoms with Gasteiger partial charge < -0.3 is 16.4 Å². The van der Waals surface area contributed by atoms with Gasteiger partial charge in [-0.2, -0.15) is 4.39 Å². The third-order valence-corrected chi connectivity index (χ3v) is 5.02. The number of carbonyl (C=O) groups excluding carboxylic acids is 1. The summed E-state index contributed by atoms with van der Waals surface area (Å²) >= 11 is 0.